The lowest BCUT2D eigenvalue weighted by Crippen LogP contribution is -2.01. The molecule has 0 unspecified atom stereocenters. The molecule has 238 valence electrons. The Labute approximate surface area is 294 Å². The van der Waals surface area contributed by atoms with Gasteiger partial charge in [-0.3, -0.25) is 0 Å². The summed E-state index contributed by atoms with van der Waals surface area (Å²) in [4.78, 5) is 21.0. The molecule has 11 rings (SSSR count). The van der Waals surface area contributed by atoms with Gasteiger partial charge in [-0.25, -0.2) is 19.9 Å². The topological polar surface area (TPSA) is 77.8 Å². The van der Waals surface area contributed by atoms with Crippen LogP contribution in [0.15, 0.2) is 154 Å². The van der Waals surface area contributed by atoms with Crippen molar-refractivity contribution in [3.63, 3.8) is 0 Å². The number of para-hydroxylation sites is 2. The number of nitrogens with zero attached hydrogens (tertiary/aromatic N) is 4. The van der Waals surface area contributed by atoms with Gasteiger partial charge in [0.25, 0.3) is 0 Å². The van der Waals surface area contributed by atoms with Crippen LogP contribution in [0.3, 0.4) is 0 Å². The predicted molar refractivity (Wildman–Crippen MR) is 207 cm³/mol. The average molecular weight is 673 g/mol. The molecule has 0 aliphatic rings. The molecule has 0 aliphatic carbocycles. The average Bonchev–Trinajstić information content (AvgIpc) is 3.90. The molecule has 0 fully saturated rings. The third kappa shape index (κ3) is 4.42. The van der Waals surface area contributed by atoms with Crippen molar-refractivity contribution in [3.8, 4) is 44.7 Å². The standard InChI is InChI=1S/C44H24N4O2S/c1-2-12-26(13-3-1)41-46-42(31-17-10-20-34-37(31)29-15-6-8-18-32(29)49-34)48-43(47-41)39-38-30-16-7-9-19-33(30)50-35(38)24-36-40(39)45-44(51-36)28-22-21-25-11-4-5-14-27(25)23-28/h1-24H. The minimum atomic E-state index is 0.529. The zero-order chi connectivity index (χ0) is 33.5. The number of hydrogen-bond donors (Lipinski definition) is 0. The fourth-order valence-corrected chi connectivity index (χ4v) is 8.22. The van der Waals surface area contributed by atoms with E-state index in [9.17, 15) is 0 Å². The molecule has 51 heavy (non-hydrogen) atoms. The summed E-state index contributed by atoms with van der Waals surface area (Å²) >= 11 is 1.64. The highest BCUT2D eigenvalue weighted by Gasteiger charge is 2.24. The number of furan rings is 2. The lowest BCUT2D eigenvalue weighted by Gasteiger charge is -2.10. The van der Waals surface area contributed by atoms with E-state index in [1.165, 1.54) is 10.8 Å². The van der Waals surface area contributed by atoms with Crippen molar-refractivity contribution in [3.05, 3.63) is 146 Å². The molecule has 6 nitrogen and oxygen atoms in total. The minimum Gasteiger partial charge on any atom is -0.456 e. The first-order chi connectivity index (χ1) is 25.2. The number of fused-ring (bicyclic) bond motifs is 8. The second kappa shape index (κ2) is 10.9. The number of hydrogen-bond acceptors (Lipinski definition) is 7. The third-order valence-electron chi connectivity index (χ3n) is 9.56. The van der Waals surface area contributed by atoms with Crippen LogP contribution in [-0.4, -0.2) is 19.9 Å². The maximum absolute atomic E-state index is 6.52. The van der Waals surface area contributed by atoms with Gasteiger partial charge < -0.3 is 8.83 Å². The van der Waals surface area contributed by atoms with Crippen LogP contribution in [0, 0.1) is 0 Å². The van der Waals surface area contributed by atoms with Gasteiger partial charge in [0.05, 0.1) is 15.8 Å². The summed E-state index contributed by atoms with van der Waals surface area (Å²) in [6.07, 6.45) is 0. The van der Waals surface area contributed by atoms with Crippen LogP contribution in [0.4, 0.5) is 0 Å². The summed E-state index contributed by atoms with van der Waals surface area (Å²) in [5.41, 5.74) is 7.62. The maximum atomic E-state index is 6.52. The highest BCUT2D eigenvalue weighted by Crippen LogP contribution is 2.45. The Morgan fingerprint density at radius 3 is 1.94 bits per heavy atom. The molecule has 0 aliphatic heterocycles. The van der Waals surface area contributed by atoms with Crippen LogP contribution in [0.2, 0.25) is 0 Å². The summed E-state index contributed by atoms with van der Waals surface area (Å²) in [6, 6.07) is 49.3. The Balaban J connectivity index is 1.24. The number of rotatable bonds is 4. The van der Waals surface area contributed by atoms with E-state index < -0.39 is 0 Å². The van der Waals surface area contributed by atoms with Crippen molar-refractivity contribution in [2.24, 2.45) is 0 Å². The first-order valence-electron chi connectivity index (χ1n) is 16.7. The second-order valence-corrected chi connectivity index (χ2v) is 13.6. The van der Waals surface area contributed by atoms with Crippen molar-refractivity contribution in [2.45, 2.75) is 0 Å². The molecule has 7 aromatic carbocycles. The van der Waals surface area contributed by atoms with Gasteiger partial charge in [-0.1, -0.05) is 115 Å². The fraction of sp³-hybridized carbons (Fsp3) is 0. The lowest BCUT2D eigenvalue weighted by molar-refractivity contribution is 0.669. The Kier molecular flexibility index (Phi) is 6.02. The molecule has 0 amide bonds. The van der Waals surface area contributed by atoms with Gasteiger partial charge in [0.1, 0.15) is 27.3 Å². The van der Waals surface area contributed by atoms with Gasteiger partial charge in [-0.15, -0.1) is 11.3 Å². The van der Waals surface area contributed by atoms with Crippen molar-refractivity contribution < 1.29 is 8.83 Å². The van der Waals surface area contributed by atoms with E-state index in [1.54, 1.807) is 11.3 Å². The van der Waals surface area contributed by atoms with Gasteiger partial charge in [0, 0.05) is 44.3 Å². The van der Waals surface area contributed by atoms with Crippen molar-refractivity contribution in [1.82, 2.24) is 19.9 Å². The van der Waals surface area contributed by atoms with Gasteiger partial charge >= 0.3 is 0 Å². The predicted octanol–water partition coefficient (Wildman–Crippen LogP) is 12.1. The minimum absolute atomic E-state index is 0.529. The molecule has 4 heterocycles. The molecule has 7 heteroatoms. The summed E-state index contributed by atoms with van der Waals surface area (Å²) in [5.74, 6) is 1.66. The molecule has 0 saturated heterocycles. The number of aromatic nitrogens is 4. The first kappa shape index (κ1) is 28.2. The monoisotopic (exact) mass is 672 g/mol. The summed E-state index contributed by atoms with van der Waals surface area (Å²) in [6.45, 7) is 0. The Morgan fingerprint density at radius 2 is 1.10 bits per heavy atom. The van der Waals surface area contributed by atoms with E-state index in [0.29, 0.717) is 17.5 Å². The van der Waals surface area contributed by atoms with Gasteiger partial charge in [-0.05, 0) is 35.0 Å². The Bertz CT molecular complexity index is 3160. The van der Waals surface area contributed by atoms with Crippen LogP contribution in [-0.2, 0) is 0 Å². The summed E-state index contributed by atoms with van der Waals surface area (Å²) in [5, 5.41) is 7.17. The molecule has 11 aromatic rings. The first-order valence-corrected chi connectivity index (χ1v) is 17.5. The Morgan fingerprint density at radius 1 is 0.431 bits per heavy atom. The van der Waals surface area contributed by atoms with E-state index in [4.69, 9.17) is 28.8 Å². The zero-order valence-electron chi connectivity index (χ0n) is 26.9. The SMILES string of the molecule is c1ccc(-c2nc(-c3cccc4oc5ccccc5c34)nc(-c3c4nc(-c5ccc6ccccc6c5)sc4cc4oc5ccccc5c34)n2)cc1. The second-order valence-electron chi connectivity index (χ2n) is 12.6. The van der Waals surface area contributed by atoms with Crippen molar-refractivity contribution in [1.29, 1.82) is 0 Å². The zero-order valence-corrected chi connectivity index (χ0v) is 27.7. The summed E-state index contributed by atoms with van der Waals surface area (Å²) < 4.78 is 13.8. The van der Waals surface area contributed by atoms with Crippen LogP contribution in [0.5, 0.6) is 0 Å². The Hall–Kier alpha value is -6.70. The van der Waals surface area contributed by atoms with Gasteiger partial charge in [0.15, 0.2) is 17.5 Å². The van der Waals surface area contributed by atoms with Crippen LogP contribution >= 0.6 is 11.3 Å². The van der Waals surface area contributed by atoms with Crippen molar-refractivity contribution in [2.75, 3.05) is 0 Å². The van der Waals surface area contributed by atoms with E-state index >= 15 is 0 Å². The largest absolute Gasteiger partial charge is 0.456 e. The molecule has 0 atom stereocenters. The van der Waals surface area contributed by atoms with Gasteiger partial charge in [0.2, 0.25) is 0 Å². The fourth-order valence-electron chi connectivity index (χ4n) is 7.22. The van der Waals surface area contributed by atoms with E-state index in [1.807, 2.05) is 78.9 Å². The lowest BCUT2D eigenvalue weighted by atomic mass is 10.0. The number of thiazole rings is 1. The smallest absolute Gasteiger partial charge is 0.167 e. The van der Waals surface area contributed by atoms with Gasteiger partial charge in [-0.2, -0.15) is 0 Å². The molecule has 0 bridgehead atoms. The van der Waals surface area contributed by atoms with E-state index in [-0.39, 0.29) is 0 Å². The van der Waals surface area contributed by atoms with E-state index in [2.05, 4.69) is 66.7 Å². The van der Waals surface area contributed by atoms with Crippen LogP contribution < -0.4 is 0 Å². The van der Waals surface area contributed by atoms with Crippen LogP contribution in [0.1, 0.15) is 0 Å². The van der Waals surface area contributed by atoms with Crippen LogP contribution in [0.25, 0.3) is 110 Å². The van der Waals surface area contributed by atoms with E-state index in [0.717, 1.165) is 81.4 Å². The quantitative estimate of drug-likeness (QED) is 0.185. The third-order valence-corrected chi connectivity index (χ3v) is 10.6. The number of benzene rings is 7. The molecule has 0 radical (unpaired) electrons. The van der Waals surface area contributed by atoms with Crippen molar-refractivity contribution >= 4 is 76.2 Å². The highest BCUT2D eigenvalue weighted by molar-refractivity contribution is 7.21. The normalized spacial score (nSPS) is 11.9. The molecule has 0 saturated carbocycles. The molecular formula is C44H24N4O2S. The molecular weight excluding hydrogens is 649 g/mol. The molecule has 4 aromatic heterocycles. The summed E-state index contributed by atoms with van der Waals surface area (Å²) in [7, 11) is 0. The molecule has 0 N–H and O–H groups in total. The highest BCUT2D eigenvalue weighted by atomic mass is 32.1. The molecule has 0 spiro atoms. The maximum Gasteiger partial charge on any atom is 0.167 e.